The van der Waals surface area contributed by atoms with Gasteiger partial charge in [0.25, 0.3) is 0 Å². The summed E-state index contributed by atoms with van der Waals surface area (Å²) in [5.41, 5.74) is 1.03. The Morgan fingerprint density at radius 2 is 2.00 bits per heavy atom. The second-order valence-corrected chi connectivity index (χ2v) is 8.42. The highest BCUT2D eigenvalue weighted by Crippen LogP contribution is 2.29. The van der Waals surface area contributed by atoms with Gasteiger partial charge < -0.3 is 5.32 Å². The number of nitrogens with zero attached hydrogens (tertiary/aromatic N) is 2. The maximum atomic E-state index is 11.6. The Morgan fingerprint density at radius 3 is 2.55 bits per heavy atom. The zero-order valence-corrected chi connectivity index (χ0v) is 14.4. The Labute approximate surface area is 126 Å². The van der Waals surface area contributed by atoms with E-state index >= 15 is 0 Å². The van der Waals surface area contributed by atoms with Gasteiger partial charge in [-0.3, -0.25) is 0 Å². The number of sulfone groups is 1. The minimum atomic E-state index is -2.88. The lowest BCUT2D eigenvalue weighted by atomic mass is 10.0. The van der Waals surface area contributed by atoms with E-state index in [1.54, 1.807) is 6.92 Å². The van der Waals surface area contributed by atoms with Crippen molar-refractivity contribution in [2.24, 2.45) is 0 Å². The molecule has 0 radical (unpaired) electrons. The molecule has 1 heterocycles. The van der Waals surface area contributed by atoms with Gasteiger partial charge in [-0.1, -0.05) is 32.2 Å². The first-order valence-electron chi connectivity index (χ1n) is 7.17. The smallest absolute Gasteiger partial charge is 0.150 e. The minimum absolute atomic E-state index is 0.157. The van der Waals surface area contributed by atoms with Crippen LogP contribution in [-0.2, 0) is 9.84 Å². The van der Waals surface area contributed by atoms with Crippen molar-refractivity contribution >= 4 is 21.4 Å². The molecule has 0 aromatic carbocycles. The first kappa shape index (κ1) is 17.5. The van der Waals surface area contributed by atoms with E-state index in [0.717, 1.165) is 23.5 Å². The Kier molecular flexibility index (Phi) is 7.05. The summed E-state index contributed by atoms with van der Waals surface area (Å²) in [6, 6.07) is 0.157. The zero-order valence-electron chi connectivity index (χ0n) is 12.7. The van der Waals surface area contributed by atoms with Gasteiger partial charge in [-0.05, 0) is 36.8 Å². The fourth-order valence-corrected chi connectivity index (χ4v) is 3.88. The van der Waals surface area contributed by atoms with E-state index in [0.29, 0.717) is 12.3 Å². The Hall–Kier alpha value is -0.530. The molecule has 1 aromatic rings. The average molecular weight is 319 g/mol. The van der Waals surface area contributed by atoms with Gasteiger partial charge in [-0.2, -0.15) is 0 Å². The molecule has 0 aliphatic heterocycles. The third kappa shape index (κ3) is 5.10. The van der Waals surface area contributed by atoms with E-state index in [2.05, 4.69) is 35.7 Å². The normalized spacial score (nSPS) is 13.8. The summed E-state index contributed by atoms with van der Waals surface area (Å²) >= 11 is 1.42. The van der Waals surface area contributed by atoms with Crippen LogP contribution in [0.25, 0.3) is 0 Å². The number of rotatable bonds is 9. The molecule has 7 heteroatoms. The van der Waals surface area contributed by atoms with E-state index in [4.69, 9.17) is 0 Å². The summed E-state index contributed by atoms with van der Waals surface area (Å²) in [6.07, 6.45) is 1.47. The van der Waals surface area contributed by atoms with Crippen molar-refractivity contribution in [1.29, 1.82) is 0 Å². The summed E-state index contributed by atoms with van der Waals surface area (Å²) < 4.78 is 27.2. The van der Waals surface area contributed by atoms with Gasteiger partial charge in [-0.15, -0.1) is 5.10 Å². The van der Waals surface area contributed by atoms with E-state index < -0.39 is 9.84 Å². The fraction of sp³-hybridized carbons (Fsp3) is 0.846. The van der Waals surface area contributed by atoms with Crippen molar-refractivity contribution in [3.05, 3.63) is 10.6 Å². The minimum Gasteiger partial charge on any atom is -0.309 e. The van der Waals surface area contributed by atoms with Gasteiger partial charge in [0.2, 0.25) is 0 Å². The highest BCUT2D eigenvalue weighted by atomic mass is 32.2. The molecule has 1 rings (SSSR count). The Bertz CT molecular complexity index is 497. The molecule has 5 nitrogen and oxygen atoms in total. The second kappa shape index (κ2) is 8.05. The van der Waals surface area contributed by atoms with Crippen LogP contribution in [0.1, 0.15) is 63.1 Å². The summed E-state index contributed by atoms with van der Waals surface area (Å²) in [7, 11) is -2.88. The highest BCUT2D eigenvalue weighted by molar-refractivity contribution is 7.91. The first-order chi connectivity index (χ1) is 9.41. The molecule has 20 heavy (non-hydrogen) atoms. The van der Waals surface area contributed by atoms with Crippen molar-refractivity contribution in [2.45, 2.75) is 52.5 Å². The molecule has 0 spiro atoms. The fourth-order valence-electron chi connectivity index (χ4n) is 2.07. The van der Waals surface area contributed by atoms with E-state index in [1.165, 1.54) is 11.5 Å². The van der Waals surface area contributed by atoms with Crippen molar-refractivity contribution in [1.82, 2.24) is 14.9 Å². The molecule has 116 valence electrons. The predicted octanol–water partition coefficient (Wildman–Crippen LogP) is 2.53. The molecule has 0 amide bonds. The molecule has 0 aliphatic carbocycles. The molecule has 0 fully saturated rings. The van der Waals surface area contributed by atoms with Crippen LogP contribution in [-0.4, -0.2) is 36.1 Å². The highest BCUT2D eigenvalue weighted by Gasteiger charge is 2.21. The summed E-state index contributed by atoms with van der Waals surface area (Å²) in [6.45, 7) is 8.80. The molecule has 1 N–H and O–H groups in total. The molecule has 0 saturated heterocycles. The largest absolute Gasteiger partial charge is 0.309 e. The topological polar surface area (TPSA) is 72.0 Å². The van der Waals surface area contributed by atoms with Gasteiger partial charge >= 0.3 is 0 Å². The molecule has 0 aliphatic rings. The zero-order chi connectivity index (χ0) is 15.2. The maximum Gasteiger partial charge on any atom is 0.150 e. The van der Waals surface area contributed by atoms with Gasteiger partial charge in [0.15, 0.2) is 0 Å². The lowest BCUT2D eigenvalue weighted by Crippen LogP contribution is -2.22. The van der Waals surface area contributed by atoms with E-state index in [1.807, 2.05) is 0 Å². The van der Waals surface area contributed by atoms with E-state index in [-0.39, 0.29) is 17.5 Å². The number of hydrogen-bond acceptors (Lipinski definition) is 6. The quantitative estimate of drug-likeness (QED) is 0.757. The number of hydrogen-bond donors (Lipinski definition) is 1. The molecule has 0 saturated carbocycles. The van der Waals surface area contributed by atoms with Crippen molar-refractivity contribution < 1.29 is 8.42 Å². The Balaban J connectivity index is 2.72. The van der Waals surface area contributed by atoms with Crippen LogP contribution in [0.4, 0.5) is 0 Å². The molecule has 1 aromatic heterocycles. The summed E-state index contributed by atoms with van der Waals surface area (Å²) in [5.74, 6) is 0.816. The standard InChI is InChI=1S/C13H25N3O2S2/c1-5-14-11(8-7-9-20(17,18)6-2)13-12(10(3)4)15-16-19-13/h10-11,14H,5-9H2,1-4H3. The maximum absolute atomic E-state index is 11.6. The van der Waals surface area contributed by atoms with Crippen LogP contribution in [0.5, 0.6) is 0 Å². The summed E-state index contributed by atoms with van der Waals surface area (Å²) in [4.78, 5) is 1.15. The van der Waals surface area contributed by atoms with Gasteiger partial charge in [-0.25, -0.2) is 8.42 Å². The average Bonchev–Trinajstić information content (AvgIpc) is 2.87. The van der Waals surface area contributed by atoms with Gasteiger partial charge in [0.1, 0.15) is 9.84 Å². The van der Waals surface area contributed by atoms with Crippen LogP contribution in [0.15, 0.2) is 0 Å². The lowest BCUT2D eigenvalue weighted by Gasteiger charge is -2.18. The van der Waals surface area contributed by atoms with Crippen LogP contribution in [0.3, 0.4) is 0 Å². The molecule has 0 bridgehead atoms. The Morgan fingerprint density at radius 1 is 1.30 bits per heavy atom. The molecule has 1 unspecified atom stereocenters. The number of aromatic nitrogens is 2. The predicted molar refractivity (Wildman–Crippen MR) is 84.0 cm³/mol. The van der Waals surface area contributed by atoms with Crippen molar-refractivity contribution in [3.8, 4) is 0 Å². The van der Waals surface area contributed by atoms with Crippen molar-refractivity contribution in [2.75, 3.05) is 18.1 Å². The van der Waals surface area contributed by atoms with Gasteiger partial charge in [0, 0.05) is 11.8 Å². The van der Waals surface area contributed by atoms with Crippen LogP contribution < -0.4 is 5.32 Å². The van der Waals surface area contributed by atoms with Gasteiger partial charge in [0.05, 0.1) is 16.3 Å². The second-order valence-electron chi connectivity index (χ2n) is 5.17. The number of nitrogens with one attached hydrogen (secondary N) is 1. The van der Waals surface area contributed by atoms with Crippen LogP contribution in [0, 0.1) is 0 Å². The lowest BCUT2D eigenvalue weighted by molar-refractivity contribution is 0.507. The third-order valence-corrected chi connectivity index (χ3v) is 5.89. The SMILES string of the molecule is CCNC(CCCS(=O)(=O)CC)c1snnc1C(C)C. The molecule has 1 atom stereocenters. The molecular formula is C13H25N3O2S2. The van der Waals surface area contributed by atoms with E-state index in [9.17, 15) is 8.42 Å². The third-order valence-electron chi connectivity index (χ3n) is 3.24. The monoisotopic (exact) mass is 319 g/mol. The molecular weight excluding hydrogens is 294 g/mol. The van der Waals surface area contributed by atoms with Crippen molar-refractivity contribution in [3.63, 3.8) is 0 Å². The van der Waals surface area contributed by atoms with Crippen LogP contribution >= 0.6 is 11.5 Å². The summed E-state index contributed by atoms with van der Waals surface area (Å²) in [5, 5.41) is 7.62. The van der Waals surface area contributed by atoms with Crippen LogP contribution in [0.2, 0.25) is 0 Å². The first-order valence-corrected chi connectivity index (χ1v) is 9.76.